The highest BCUT2D eigenvalue weighted by atomic mass is 16.3. The van der Waals surface area contributed by atoms with Gasteiger partial charge in [-0.15, -0.1) is 0 Å². The van der Waals surface area contributed by atoms with E-state index in [4.69, 9.17) is 8.83 Å². The zero-order valence-corrected chi connectivity index (χ0v) is 22.7. The largest absolute Gasteiger partial charge is 0.464 e. The predicted octanol–water partition coefficient (Wildman–Crippen LogP) is 11.6. The summed E-state index contributed by atoms with van der Waals surface area (Å²) in [6.07, 6.45) is 1.93. The maximum atomic E-state index is 6.29. The van der Waals surface area contributed by atoms with E-state index in [9.17, 15) is 0 Å². The number of rotatable bonds is 3. The molecule has 196 valence electrons. The van der Waals surface area contributed by atoms with E-state index >= 15 is 0 Å². The molecule has 2 heterocycles. The average molecular weight is 537 g/mol. The first-order valence-corrected chi connectivity index (χ1v) is 14.3. The molecule has 2 nitrogen and oxygen atoms in total. The van der Waals surface area contributed by atoms with Gasteiger partial charge in [-0.3, -0.25) is 0 Å². The van der Waals surface area contributed by atoms with Crippen molar-refractivity contribution in [1.82, 2.24) is 0 Å². The van der Waals surface area contributed by atoms with Gasteiger partial charge in [-0.05, 0) is 62.0 Å². The van der Waals surface area contributed by atoms with Crippen LogP contribution in [-0.2, 0) is 0 Å². The fraction of sp³-hybridized carbons (Fsp3) is 0. The van der Waals surface area contributed by atoms with E-state index < -0.39 is 0 Å². The molecule has 0 N–H and O–H groups in total. The van der Waals surface area contributed by atoms with Crippen molar-refractivity contribution in [3.63, 3.8) is 0 Å². The molecular formula is C40H24O2. The number of furan rings is 2. The summed E-state index contributed by atoms with van der Waals surface area (Å²) in [6.45, 7) is 0. The standard InChI is InChI=1S/C40H24O2/c1-2-12-25(13-3-1)26-14-4-5-15-27(26)37-28-16-6-8-18-30(28)38(31-19-9-7-17-29(31)37)33-24-41-35-22-23-36-39(40(33)35)32-20-10-11-21-34(32)42-36/h1-24H. The number of benzene rings is 7. The van der Waals surface area contributed by atoms with Crippen LogP contribution in [0, 0.1) is 0 Å². The third kappa shape index (κ3) is 3.27. The van der Waals surface area contributed by atoms with E-state index in [1.807, 2.05) is 30.5 Å². The summed E-state index contributed by atoms with van der Waals surface area (Å²) in [5, 5.41) is 8.11. The Morgan fingerprint density at radius 3 is 1.55 bits per heavy atom. The second kappa shape index (κ2) is 8.95. The molecule has 0 aliphatic carbocycles. The molecule has 0 aliphatic heterocycles. The van der Waals surface area contributed by atoms with Crippen molar-refractivity contribution in [2.24, 2.45) is 0 Å². The van der Waals surface area contributed by atoms with Crippen molar-refractivity contribution in [2.75, 3.05) is 0 Å². The highest BCUT2D eigenvalue weighted by molar-refractivity contribution is 6.28. The van der Waals surface area contributed by atoms with Crippen LogP contribution in [0.25, 0.3) is 87.8 Å². The van der Waals surface area contributed by atoms with E-state index in [0.29, 0.717) is 0 Å². The van der Waals surface area contributed by atoms with Crippen molar-refractivity contribution in [1.29, 1.82) is 0 Å². The van der Waals surface area contributed by atoms with Crippen LogP contribution in [0.4, 0.5) is 0 Å². The Labute approximate surface area is 242 Å². The first-order valence-electron chi connectivity index (χ1n) is 14.3. The van der Waals surface area contributed by atoms with Crippen LogP contribution < -0.4 is 0 Å². The molecule has 9 aromatic rings. The number of para-hydroxylation sites is 1. The Bertz CT molecular complexity index is 2400. The molecular weight excluding hydrogens is 512 g/mol. The fourth-order valence-corrected chi connectivity index (χ4v) is 6.81. The molecule has 0 saturated heterocycles. The van der Waals surface area contributed by atoms with Gasteiger partial charge in [-0.25, -0.2) is 0 Å². The monoisotopic (exact) mass is 536 g/mol. The predicted molar refractivity (Wildman–Crippen MR) is 175 cm³/mol. The van der Waals surface area contributed by atoms with E-state index in [2.05, 4.69) is 115 Å². The maximum absolute atomic E-state index is 6.29. The molecule has 0 aliphatic rings. The Morgan fingerprint density at radius 1 is 0.333 bits per heavy atom. The second-order valence-corrected chi connectivity index (χ2v) is 10.8. The lowest BCUT2D eigenvalue weighted by Crippen LogP contribution is -1.92. The highest BCUT2D eigenvalue weighted by Crippen LogP contribution is 2.49. The summed E-state index contributed by atoms with van der Waals surface area (Å²) >= 11 is 0. The summed E-state index contributed by atoms with van der Waals surface area (Å²) in [5.74, 6) is 0. The van der Waals surface area contributed by atoms with Crippen molar-refractivity contribution in [2.45, 2.75) is 0 Å². The van der Waals surface area contributed by atoms with Gasteiger partial charge in [0.1, 0.15) is 16.7 Å². The van der Waals surface area contributed by atoms with Crippen LogP contribution in [0.1, 0.15) is 0 Å². The lowest BCUT2D eigenvalue weighted by Gasteiger charge is -2.19. The fourth-order valence-electron chi connectivity index (χ4n) is 6.81. The van der Waals surface area contributed by atoms with Gasteiger partial charge in [0.05, 0.1) is 6.26 Å². The summed E-state index contributed by atoms with van der Waals surface area (Å²) < 4.78 is 12.6. The topological polar surface area (TPSA) is 26.3 Å². The third-order valence-corrected chi connectivity index (χ3v) is 8.56. The molecule has 0 radical (unpaired) electrons. The van der Waals surface area contributed by atoms with Crippen LogP contribution in [-0.4, -0.2) is 0 Å². The minimum absolute atomic E-state index is 0.857. The van der Waals surface area contributed by atoms with E-state index in [1.165, 1.54) is 49.4 Å². The minimum Gasteiger partial charge on any atom is -0.464 e. The maximum Gasteiger partial charge on any atom is 0.136 e. The Hall–Kier alpha value is -5.60. The van der Waals surface area contributed by atoms with Crippen LogP contribution in [0.15, 0.2) is 155 Å². The van der Waals surface area contributed by atoms with Crippen molar-refractivity contribution < 1.29 is 8.83 Å². The lowest BCUT2D eigenvalue weighted by molar-refractivity contribution is 0.616. The average Bonchev–Trinajstić information content (AvgIpc) is 3.65. The van der Waals surface area contributed by atoms with Crippen LogP contribution >= 0.6 is 0 Å². The first-order chi connectivity index (χ1) is 20.9. The van der Waals surface area contributed by atoms with Gasteiger partial charge in [0.25, 0.3) is 0 Å². The Morgan fingerprint density at radius 2 is 0.857 bits per heavy atom. The molecule has 2 heteroatoms. The number of hydrogen-bond donors (Lipinski definition) is 0. The summed E-state index contributed by atoms with van der Waals surface area (Å²) in [6, 6.07) is 49.3. The third-order valence-electron chi connectivity index (χ3n) is 8.56. The highest BCUT2D eigenvalue weighted by Gasteiger charge is 2.23. The van der Waals surface area contributed by atoms with Crippen molar-refractivity contribution in [3.8, 4) is 33.4 Å². The minimum atomic E-state index is 0.857. The van der Waals surface area contributed by atoms with Gasteiger partial charge in [0.15, 0.2) is 0 Å². The van der Waals surface area contributed by atoms with Crippen LogP contribution in [0.5, 0.6) is 0 Å². The van der Waals surface area contributed by atoms with E-state index in [1.54, 1.807) is 0 Å². The molecule has 0 unspecified atom stereocenters. The van der Waals surface area contributed by atoms with Crippen molar-refractivity contribution >= 4 is 54.5 Å². The molecule has 7 aromatic carbocycles. The normalized spacial score (nSPS) is 11.8. The zero-order chi connectivity index (χ0) is 27.6. The zero-order valence-electron chi connectivity index (χ0n) is 22.7. The first kappa shape index (κ1) is 23.1. The summed E-state index contributed by atoms with van der Waals surface area (Å²) in [5.41, 5.74) is 9.77. The van der Waals surface area contributed by atoms with Gasteiger partial charge in [0, 0.05) is 27.3 Å². The molecule has 0 amide bonds. The van der Waals surface area contributed by atoms with Gasteiger partial charge in [-0.1, -0.05) is 121 Å². The van der Waals surface area contributed by atoms with Crippen LogP contribution in [0.3, 0.4) is 0 Å². The Kier molecular flexibility index (Phi) is 4.93. The molecule has 0 atom stereocenters. The quantitative estimate of drug-likeness (QED) is 0.210. The Balaban J connectivity index is 1.44. The van der Waals surface area contributed by atoms with Crippen molar-refractivity contribution in [3.05, 3.63) is 146 Å². The SMILES string of the molecule is c1ccc(-c2ccccc2-c2c3ccccc3c(-c3coc4ccc5oc6ccccc6c5c34)c3ccccc23)cc1. The molecule has 2 aromatic heterocycles. The molecule has 0 saturated carbocycles. The molecule has 0 bridgehead atoms. The number of fused-ring (bicyclic) bond motifs is 7. The molecule has 0 fully saturated rings. The van der Waals surface area contributed by atoms with Gasteiger partial charge < -0.3 is 8.83 Å². The van der Waals surface area contributed by atoms with Gasteiger partial charge in [0.2, 0.25) is 0 Å². The van der Waals surface area contributed by atoms with E-state index in [-0.39, 0.29) is 0 Å². The molecule has 9 rings (SSSR count). The summed E-state index contributed by atoms with van der Waals surface area (Å²) in [4.78, 5) is 0. The van der Waals surface area contributed by atoms with Crippen LogP contribution in [0.2, 0.25) is 0 Å². The van der Waals surface area contributed by atoms with Gasteiger partial charge >= 0.3 is 0 Å². The molecule has 0 spiro atoms. The summed E-state index contributed by atoms with van der Waals surface area (Å²) in [7, 11) is 0. The van der Waals surface area contributed by atoms with E-state index in [0.717, 1.165) is 38.5 Å². The molecule has 42 heavy (non-hydrogen) atoms. The van der Waals surface area contributed by atoms with Gasteiger partial charge in [-0.2, -0.15) is 0 Å². The number of hydrogen-bond acceptors (Lipinski definition) is 2. The lowest BCUT2D eigenvalue weighted by atomic mass is 9.83. The second-order valence-electron chi connectivity index (χ2n) is 10.8. The smallest absolute Gasteiger partial charge is 0.136 e.